The Balaban J connectivity index is 1.86. The lowest BCUT2D eigenvalue weighted by Crippen LogP contribution is -2.45. The number of ether oxygens (including phenoxy) is 1. The van der Waals surface area contributed by atoms with Crippen molar-refractivity contribution < 1.29 is 9.53 Å². The molecule has 1 fully saturated rings. The quantitative estimate of drug-likeness (QED) is 0.563. The number of aliphatic imine (C=N–C) groups is 1. The molecule has 0 bridgehead atoms. The molecule has 0 spiro atoms. The number of nitrogens with one attached hydrogen (secondary N) is 2. The summed E-state index contributed by atoms with van der Waals surface area (Å²) in [5.74, 6) is 1.70. The first kappa shape index (κ1) is 20.4. The first-order valence-electron chi connectivity index (χ1n) is 9.26. The number of likely N-dealkylation sites (tertiary alicyclic amines) is 1. The van der Waals surface area contributed by atoms with Gasteiger partial charge in [0.15, 0.2) is 5.96 Å². The van der Waals surface area contributed by atoms with E-state index in [0.29, 0.717) is 18.0 Å². The zero-order valence-electron chi connectivity index (χ0n) is 15.8. The standard InChI is InChI=1S/C19H29ClN4O2/c1-4-18(25)24-10-9-16(13-24)23-19(21-5-2)22-12-14(3)26-17-8-6-7-15(20)11-17/h6-8,11,14,16H,4-5,9-10,12-13H2,1-3H3,(H2,21,22,23). The molecule has 6 nitrogen and oxygen atoms in total. The summed E-state index contributed by atoms with van der Waals surface area (Å²) in [7, 11) is 0. The molecular formula is C19H29ClN4O2. The third-order valence-electron chi connectivity index (χ3n) is 4.17. The monoisotopic (exact) mass is 380 g/mol. The highest BCUT2D eigenvalue weighted by molar-refractivity contribution is 6.30. The summed E-state index contributed by atoms with van der Waals surface area (Å²) in [6.45, 7) is 8.74. The fourth-order valence-corrected chi connectivity index (χ4v) is 3.05. The summed E-state index contributed by atoms with van der Waals surface area (Å²) in [5.41, 5.74) is 0. The van der Waals surface area contributed by atoms with E-state index in [4.69, 9.17) is 16.3 Å². The summed E-state index contributed by atoms with van der Waals surface area (Å²) in [5, 5.41) is 7.33. The number of halogens is 1. The number of amides is 1. The third-order valence-corrected chi connectivity index (χ3v) is 4.40. The molecule has 144 valence electrons. The molecule has 2 unspecified atom stereocenters. The first-order chi connectivity index (χ1) is 12.5. The van der Waals surface area contributed by atoms with E-state index in [1.54, 1.807) is 6.07 Å². The van der Waals surface area contributed by atoms with E-state index in [0.717, 1.165) is 37.8 Å². The second-order valence-electron chi connectivity index (χ2n) is 6.43. The molecule has 2 N–H and O–H groups in total. The molecule has 0 aromatic heterocycles. The van der Waals surface area contributed by atoms with Crippen molar-refractivity contribution in [3.63, 3.8) is 0 Å². The number of benzene rings is 1. The highest BCUT2D eigenvalue weighted by Crippen LogP contribution is 2.18. The lowest BCUT2D eigenvalue weighted by molar-refractivity contribution is -0.129. The number of rotatable bonds is 7. The van der Waals surface area contributed by atoms with Crippen LogP contribution in [0.5, 0.6) is 5.75 Å². The second-order valence-corrected chi connectivity index (χ2v) is 6.87. The minimum absolute atomic E-state index is 0.0781. The van der Waals surface area contributed by atoms with Crippen molar-refractivity contribution in [2.24, 2.45) is 4.99 Å². The molecule has 1 aliphatic rings. The average molecular weight is 381 g/mol. The first-order valence-corrected chi connectivity index (χ1v) is 9.64. The Morgan fingerprint density at radius 2 is 2.27 bits per heavy atom. The zero-order chi connectivity index (χ0) is 18.9. The predicted octanol–water partition coefficient (Wildman–Crippen LogP) is 2.67. The molecule has 1 amide bonds. The molecular weight excluding hydrogens is 352 g/mol. The van der Waals surface area contributed by atoms with Crippen molar-refractivity contribution in [1.82, 2.24) is 15.5 Å². The van der Waals surface area contributed by atoms with Crippen LogP contribution in [0.4, 0.5) is 0 Å². The van der Waals surface area contributed by atoms with Crippen LogP contribution in [0.25, 0.3) is 0 Å². The Hall–Kier alpha value is -1.95. The van der Waals surface area contributed by atoms with Crippen LogP contribution < -0.4 is 15.4 Å². The van der Waals surface area contributed by atoms with Crippen LogP contribution in [0.2, 0.25) is 5.02 Å². The van der Waals surface area contributed by atoms with Crippen molar-refractivity contribution in [3.05, 3.63) is 29.3 Å². The van der Waals surface area contributed by atoms with Crippen molar-refractivity contribution in [3.8, 4) is 5.75 Å². The maximum atomic E-state index is 11.8. The molecule has 2 rings (SSSR count). The van der Waals surface area contributed by atoms with Gasteiger partial charge in [0, 0.05) is 37.1 Å². The van der Waals surface area contributed by atoms with Crippen LogP contribution in [0, 0.1) is 0 Å². The number of carbonyl (C=O) groups is 1. The Bertz CT molecular complexity index is 623. The fraction of sp³-hybridized carbons (Fsp3) is 0.579. The van der Waals surface area contributed by atoms with E-state index in [9.17, 15) is 4.79 Å². The fourth-order valence-electron chi connectivity index (χ4n) is 2.87. The van der Waals surface area contributed by atoms with Gasteiger partial charge in [-0.1, -0.05) is 24.6 Å². The number of guanidine groups is 1. The number of hydrogen-bond donors (Lipinski definition) is 2. The molecule has 0 aliphatic carbocycles. The van der Waals surface area contributed by atoms with Gasteiger partial charge in [0.1, 0.15) is 11.9 Å². The predicted molar refractivity (Wildman–Crippen MR) is 106 cm³/mol. The van der Waals surface area contributed by atoms with Crippen LogP contribution in [0.3, 0.4) is 0 Å². The van der Waals surface area contributed by atoms with Gasteiger partial charge in [-0.2, -0.15) is 0 Å². The van der Waals surface area contributed by atoms with Gasteiger partial charge in [-0.3, -0.25) is 4.79 Å². The minimum atomic E-state index is -0.0781. The Morgan fingerprint density at radius 1 is 1.46 bits per heavy atom. The molecule has 0 radical (unpaired) electrons. The van der Waals surface area contributed by atoms with Crippen molar-refractivity contribution in [2.45, 2.75) is 45.8 Å². The van der Waals surface area contributed by atoms with Crippen molar-refractivity contribution in [2.75, 3.05) is 26.2 Å². The molecule has 1 aliphatic heterocycles. The van der Waals surface area contributed by atoms with Crippen LogP contribution in [0.15, 0.2) is 29.3 Å². The third kappa shape index (κ3) is 6.41. The van der Waals surface area contributed by atoms with Crippen LogP contribution in [0.1, 0.15) is 33.6 Å². The van der Waals surface area contributed by atoms with E-state index >= 15 is 0 Å². The van der Waals surface area contributed by atoms with Gasteiger partial charge in [-0.15, -0.1) is 0 Å². The maximum absolute atomic E-state index is 11.8. The molecule has 1 aromatic carbocycles. The molecule has 1 aromatic rings. The lowest BCUT2D eigenvalue weighted by atomic mass is 10.3. The van der Waals surface area contributed by atoms with E-state index < -0.39 is 0 Å². The number of carbonyl (C=O) groups excluding carboxylic acids is 1. The van der Waals surface area contributed by atoms with Crippen LogP contribution >= 0.6 is 11.6 Å². The molecule has 26 heavy (non-hydrogen) atoms. The molecule has 2 atom stereocenters. The lowest BCUT2D eigenvalue weighted by Gasteiger charge is -2.19. The van der Waals surface area contributed by atoms with E-state index in [1.807, 2.05) is 43.9 Å². The Labute approximate surface area is 161 Å². The van der Waals surface area contributed by atoms with Gasteiger partial charge in [0.05, 0.1) is 6.54 Å². The Kier molecular flexibility index (Phi) is 8.04. The van der Waals surface area contributed by atoms with Gasteiger partial charge in [0.2, 0.25) is 5.91 Å². The van der Waals surface area contributed by atoms with Crippen molar-refractivity contribution >= 4 is 23.5 Å². The molecule has 1 heterocycles. The maximum Gasteiger partial charge on any atom is 0.222 e. The van der Waals surface area contributed by atoms with E-state index in [1.165, 1.54) is 0 Å². The normalized spacial score (nSPS) is 18.5. The summed E-state index contributed by atoms with van der Waals surface area (Å²) in [4.78, 5) is 18.3. The Morgan fingerprint density at radius 3 is 2.96 bits per heavy atom. The highest BCUT2D eigenvalue weighted by atomic mass is 35.5. The molecule has 7 heteroatoms. The summed E-state index contributed by atoms with van der Waals surface area (Å²) >= 11 is 5.98. The number of nitrogens with zero attached hydrogens (tertiary/aromatic N) is 2. The number of hydrogen-bond acceptors (Lipinski definition) is 3. The largest absolute Gasteiger partial charge is 0.489 e. The zero-order valence-corrected chi connectivity index (χ0v) is 16.6. The van der Waals surface area contributed by atoms with Gasteiger partial charge in [0.25, 0.3) is 0 Å². The minimum Gasteiger partial charge on any atom is -0.489 e. The van der Waals surface area contributed by atoms with Gasteiger partial charge in [-0.25, -0.2) is 4.99 Å². The summed E-state index contributed by atoms with van der Waals surface area (Å²) < 4.78 is 5.86. The van der Waals surface area contributed by atoms with Crippen LogP contribution in [-0.2, 0) is 4.79 Å². The highest BCUT2D eigenvalue weighted by Gasteiger charge is 2.25. The van der Waals surface area contributed by atoms with Gasteiger partial charge >= 0.3 is 0 Å². The summed E-state index contributed by atoms with van der Waals surface area (Å²) in [6.07, 6.45) is 1.41. The molecule has 0 saturated carbocycles. The van der Waals surface area contributed by atoms with Crippen molar-refractivity contribution in [1.29, 1.82) is 0 Å². The van der Waals surface area contributed by atoms with E-state index in [2.05, 4.69) is 15.6 Å². The second kappa shape index (κ2) is 10.3. The smallest absolute Gasteiger partial charge is 0.222 e. The van der Waals surface area contributed by atoms with Gasteiger partial charge in [-0.05, 0) is 38.5 Å². The van der Waals surface area contributed by atoms with E-state index in [-0.39, 0.29) is 18.1 Å². The SMILES string of the molecule is CCNC(=NCC(C)Oc1cccc(Cl)c1)NC1CCN(C(=O)CC)C1. The summed E-state index contributed by atoms with van der Waals surface area (Å²) in [6, 6.07) is 7.59. The average Bonchev–Trinajstić information content (AvgIpc) is 3.08. The molecule has 1 saturated heterocycles. The topological polar surface area (TPSA) is 66.0 Å². The van der Waals surface area contributed by atoms with Crippen LogP contribution in [-0.4, -0.2) is 55.1 Å². The van der Waals surface area contributed by atoms with Gasteiger partial charge < -0.3 is 20.3 Å².